The Morgan fingerprint density at radius 1 is 1.11 bits per heavy atom. The summed E-state index contributed by atoms with van der Waals surface area (Å²) < 4.78 is 0. The molecular formula is C15H23N3. The topological polar surface area (TPSA) is 37.8 Å². The van der Waals surface area contributed by atoms with E-state index in [2.05, 4.69) is 36.3 Å². The van der Waals surface area contributed by atoms with Gasteiger partial charge in [-0.25, -0.2) is 0 Å². The third-order valence-corrected chi connectivity index (χ3v) is 3.87. The average Bonchev–Trinajstić information content (AvgIpc) is 2.39. The molecule has 1 unspecified atom stereocenters. The second-order valence-corrected chi connectivity index (χ2v) is 5.25. The molecule has 1 aromatic rings. The van der Waals surface area contributed by atoms with Gasteiger partial charge in [0.15, 0.2) is 0 Å². The summed E-state index contributed by atoms with van der Waals surface area (Å²) in [5.41, 5.74) is 5.66. The number of rotatable bonds is 3. The van der Waals surface area contributed by atoms with Gasteiger partial charge in [-0.2, -0.15) is 10.2 Å². The Kier molecular flexibility index (Phi) is 4.34. The summed E-state index contributed by atoms with van der Waals surface area (Å²) in [5.74, 6) is 0. The maximum Gasteiger partial charge on any atom is 0.0531 e. The summed E-state index contributed by atoms with van der Waals surface area (Å²) in [6.45, 7) is 6.73. The molecule has 0 spiro atoms. The summed E-state index contributed by atoms with van der Waals surface area (Å²) in [5, 5.41) is 11.7. The Morgan fingerprint density at radius 3 is 2.33 bits per heavy atom. The van der Waals surface area contributed by atoms with Crippen LogP contribution >= 0.6 is 0 Å². The zero-order valence-corrected chi connectivity index (χ0v) is 11.7. The zero-order chi connectivity index (χ0) is 13.0. The van der Waals surface area contributed by atoms with Gasteiger partial charge in [-0.1, -0.05) is 12.5 Å². The van der Waals surface area contributed by atoms with E-state index in [-0.39, 0.29) is 0 Å². The largest absolute Gasteiger partial charge is 0.386 e. The van der Waals surface area contributed by atoms with Crippen LogP contribution in [-0.4, -0.2) is 16.2 Å². The minimum absolute atomic E-state index is 0.560. The predicted molar refractivity (Wildman–Crippen MR) is 74.3 cm³/mol. The van der Waals surface area contributed by atoms with Gasteiger partial charge in [-0.15, -0.1) is 0 Å². The fourth-order valence-corrected chi connectivity index (χ4v) is 2.36. The van der Waals surface area contributed by atoms with Crippen LogP contribution in [0.15, 0.2) is 23.7 Å². The molecule has 1 aromatic heterocycles. The minimum Gasteiger partial charge on any atom is -0.386 e. The molecule has 1 aliphatic rings. The van der Waals surface area contributed by atoms with Crippen LogP contribution in [-0.2, 0) is 12.8 Å². The molecule has 18 heavy (non-hydrogen) atoms. The second kappa shape index (κ2) is 5.98. The first-order chi connectivity index (χ1) is 8.70. The quantitative estimate of drug-likeness (QED) is 0.889. The van der Waals surface area contributed by atoms with E-state index in [1.807, 2.05) is 12.4 Å². The average molecular weight is 245 g/mol. The number of fused-ring (bicyclic) bond motifs is 1. The summed E-state index contributed by atoms with van der Waals surface area (Å²) in [6, 6.07) is 0.560. The molecule has 1 heterocycles. The molecule has 3 nitrogen and oxygen atoms in total. The molecule has 0 aromatic carbocycles. The van der Waals surface area contributed by atoms with E-state index in [0.717, 1.165) is 25.7 Å². The van der Waals surface area contributed by atoms with Gasteiger partial charge in [0, 0.05) is 11.7 Å². The molecular weight excluding hydrogens is 222 g/mol. The number of hydrogen-bond donors (Lipinski definition) is 1. The SMILES string of the molecule is CCC(C)N/C1=C(\C)CCc2cnncc2CC1. The highest BCUT2D eigenvalue weighted by molar-refractivity contribution is 5.26. The standard InChI is InChI=1S/C15H23N3/c1-4-12(3)18-15-8-7-14-10-17-16-9-13(14)6-5-11(15)2/h9-10,12,18H,4-8H2,1-3H3/b15-11+. The molecule has 0 saturated heterocycles. The first-order valence-corrected chi connectivity index (χ1v) is 6.94. The summed E-state index contributed by atoms with van der Waals surface area (Å²) in [7, 11) is 0. The first kappa shape index (κ1) is 13.1. The molecule has 0 radical (unpaired) electrons. The van der Waals surface area contributed by atoms with E-state index in [0.29, 0.717) is 6.04 Å². The van der Waals surface area contributed by atoms with Crippen molar-refractivity contribution in [1.29, 1.82) is 0 Å². The molecule has 2 rings (SSSR count). The lowest BCUT2D eigenvalue weighted by molar-refractivity contribution is 0.567. The van der Waals surface area contributed by atoms with Crippen LogP contribution in [0.4, 0.5) is 0 Å². The molecule has 3 heteroatoms. The highest BCUT2D eigenvalue weighted by atomic mass is 15.1. The van der Waals surface area contributed by atoms with Gasteiger partial charge in [-0.05, 0) is 57.1 Å². The van der Waals surface area contributed by atoms with Gasteiger partial charge in [0.1, 0.15) is 0 Å². The number of allylic oxidation sites excluding steroid dienone is 2. The van der Waals surface area contributed by atoms with Crippen molar-refractivity contribution in [1.82, 2.24) is 15.5 Å². The minimum atomic E-state index is 0.560. The van der Waals surface area contributed by atoms with Crippen LogP contribution in [0.1, 0.15) is 51.2 Å². The van der Waals surface area contributed by atoms with Crippen molar-refractivity contribution in [2.24, 2.45) is 0 Å². The predicted octanol–water partition coefficient (Wildman–Crippen LogP) is 3.02. The van der Waals surface area contributed by atoms with Crippen molar-refractivity contribution in [3.05, 3.63) is 34.8 Å². The van der Waals surface area contributed by atoms with Crippen LogP contribution < -0.4 is 5.32 Å². The highest BCUT2D eigenvalue weighted by Crippen LogP contribution is 2.22. The molecule has 0 fully saturated rings. The van der Waals surface area contributed by atoms with Crippen molar-refractivity contribution in [2.75, 3.05) is 0 Å². The van der Waals surface area contributed by atoms with Crippen molar-refractivity contribution < 1.29 is 0 Å². The smallest absolute Gasteiger partial charge is 0.0531 e. The van der Waals surface area contributed by atoms with Gasteiger partial charge >= 0.3 is 0 Å². The number of nitrogens with one attached hydrogen (secondary N) is 1. The highest BCUT2D eigenvalue weighted by Gasteiger charge is 2.13. The van der Waals surface area contributed by atoms with Crippen LogP contribution in [0.3, 0.4) is 0 Å². The van der Waals surface area contributed by atoms with Crippen LogP contribution in [0.5, 0.6) is 0 Å². The lowest BCUT2D eigenvalue weighted by Crippen LogP contribution is -2.26. The Balaban J connectivity index is 2.13. The Labute approximate surface area is 110 Å². The maximum atomic E-state index is 4.00. The van der Waals surface area contributed by atoms with Gasteiger partial charge in [0.2, 0.25) is 0 Å². The fourth-order valence-electron chi connectivity index (χ4n) is 2.36. The summed E-state index contributed by atoms with van der Waals surface area (Å²) in [6.07, 6.45) is 9.39. The fraction of sp³-hybridized carbons (Fsp3) is 0.600. The monoisotopic (exact) mass is 245 g/mol. The lowest BCUT2D eigenvalue weighted by Gasteiger charge is -2.22. The molecule has 0 amide bonds. The summed E-state index contributed by atoms with van der Waals surface area (Å²) >= 11 is 0. The van der Waals surface area contributed by atoms with Gasteiger partial charge in [0.25, 0.3) is 0 Å². The van der Waals surface area contributed by atoms with Gasteiger partial charge in [0.05, 0.1) is 12.4 Å². The normalized spacial score (nSPS) is 21.7. The van der Waals surface area contributed by atoms with E-state index in [1.165, 1.54) is 28.8 Å². The van der Waals surface area contributed by atoms with Crippen molar-refractivity contribution in [3.8, 4) is 0 Å². The molecule has 1 atom stereocenters. The number of nitrogens with zero attached hydrogens (tertiary/aromatic N) is 2. The third-order valence-electron chi connectivity index (χ3n) is 3.87. The summed E-state index contributed by atoms with van der Waals surface area (Å²) in [4.78, 5) is 0. The molecule has 1 N–H and O–H groups in total. The molecule has 0 bridgehead atoms. The van der Waals surface area contributed by atoms with Crippen LogP contribution in [0, 0.1) is 0 Å². The number of aryl methyl sites for hydroxylation is 2. The molecule has 0 aliphatic heterocycles. The Hall–Kier alpha value is -1.38. The van der Waals surface area contributed by atoms with Crippen LogP contribution in [0.25, 0.3) is 0 Å². The number of hydrogen-bond acceptors (Lipinski definition) is 3. The lowest BCUT2D eigenvalue weighted by atomic mass is 9.94. The number of aromatic nitrogens is 2. The first-order valence-electron chi connectivity index (χ1n) is 6.94. The van der Waals surface area contributed by atoms with E-state index in [1.54, 1.807) is 0 Å². The van der Waals surface area contributed by atoms with E-state index in [4.69, 9.17) is 0 Å². The van der Waals surface area contributed by atoms with Gasteiger partial charge in [-0.3, -0.25) is 0 Å². The van der Waals surface area contributed by atoms with Crippen molar-refractivity contribution in [2.45, 2.75) is 58.9 Å². The van der Waals surface area contributed by atoms with Crippen molar-refractivity contribution >= 4 is 0 Å². The maximum absolute atomic E-state index is 4.00. The molecule has 0 saturated carbocycles. The molecule has 1 aliphatic carbocycles. The van der Waals surface area contributed by atoms with Crippen LogP contribution in [0.2, 0.25) is 0 Å². The van der Waals surface area contributed by atoms with E-state index < -0.39 is 0 Å². The Bertz CT molecular complexity index is 437. The van der Waals surface area contributed by atoms with E-state index >= 15 is 0 Å². The zero-order valence-electron chi connectivity index (χ0n) is 11.7. The van der Waals surface area contributed by atoms with Crippen molar-refractivity contribution in [3.63, 3.8) is 0 Å². The second-order valence-electron chi connectivity index (χ2n) is 5.25. The third kappa shape index (κ3) is 3.09. The Morgan fingerprint density at radius 2 is 1.72 bits per heavy atom. The van der Waals surface area contributed by atoms with Gasteiger partial charge < -0.3 is 5.32 Å². The van der Waals surface area contributed by atoms with E-state index in [9.17, 15) is 0 Å². The molecule has 98 valence electrons.